The Morgan fingerprint density at radius 2 is 2.12 bits per heavy atom. The Labute approximate surface area is 150 Å². The quantitative estimate of drug-likeness (QED) is 0.755. The number of nitrogens with one attached hydrogen (secondary N) is 2. The van der Waals surface area contributed by atoms with E-state index in [1.165, 1.54) is 10.6 Å². The van der Waals surface area contributed by atoms with E-state index in [0.717, 1.165) is 5.76 Å². The Morgan fingerprint density at radius 1 is 1.27 bits per heavy atom. The van der Waals surface area contributed by atoms with Crippen molar-refractivity contribution in [3.63, 3.8) is 0 Å². The second kappa shape index (κ2) is 8.01. The third kappa shape index (κ3) is 4.20. The molecule has 2 N–H and O–H groups in total. The van der Waals surface area contributed by atoms with Crippen LogP contribution in [0.3, 0.4) is 0 Å². The molecule has 0 aromatic carbocycles. The lowest BCUT2D eigenvalue weighted by Gasteiger charge is -2.21. The first-order chi connectivity index (χ1) is 12.6. The first-order valence-electron chi connectivity index (χ1n) is 8.49. The summed E-state index contributed by atoms with van der Waals surface area (Å²) in [4.78, 5) is 38.2. The van der Waals surface area contributed by atoms with Crippen LogP contribution in [-0.4, -0.2) is 47.0 Å². The lowest BCUT2D eigenvalue weighted by atomic mass is 10.1. The van der Waals surface area contributed by atoms with Gasteiger partial charge >= 0.3 is 0 Å². The Balaban J connectivity index is 1.63. The van der Waals surface area contributed by atoms with Crippen molar-refractivity contribution in [1.82, 2.24) is 20.1 Å². The monoisotopic (exact) mass is 358 g/mol. The summed E-state index contributed by atoms with van der Waals surface area (Å²) in [6.07, 6.45) is 3.68. The third-order valence-electron chi connectivity index (χ3n) is 4.47. The molecule has 2 amide bonds. The van der Waals surface area contributed by atoms with Crippen LogP contribution in [0.2, 0.25) is 0 Å². The van der Waals surface area contributed by atoms with Gasteiger partial charge in [-0.1, -0.05) is 6.07 Å². The number of hydrogen-bond donors (Lipinski definition) is 2. The van der Waals surface area contributed by atoms with Crippen molar-refractivity contribution in [3.8, 4) is 0 Å². The van der Waals surface area contributed by atoms with Crippen molar-refractivity contribution in [2.45, 2.75) is 31.6 Å². The second-order valence-electron chi connectivity index (χ2n) is 6.31. The first-order valence-corrected chi connectivity index (χ1v) is 8.49. The highest BCUT2D eigenvalue weighted by Gasteiger charge is 2.37. The highest BCUT2D eigenvalue weighted by molar-refractivity contribution is 5.82. The van der Waals surface area contributed by atoms with E-state index in [1.54, 1.807) is 37.7 Å². The predicted molar refractivity (Wildman–Crippen MR) is 94.2 cm³/mol. The molecule has 1 fully saturated rings. The lowest BCUT2D eigenvalue weighted by molar-refractivity contribution is -0.125. The summed E-state index contributed by atoms with van der Waals surface area (Å²) in [6.45, 7) is 0.989. The Morgan fingerprint density at radius 3 is 2.81 bits per heavy atom. The summed E-state index contributed by atoms with van der Waals surface area (Å²) in [6, 6.07) is 7.90. The molecular formula is C18H22N4O4. The molecule has 0 bridgehead atoms. The van der Waals surface area contributed by atoms with Crippen LogP contribution in [0.5, 0.6) is 0 Å². The topological polar surface area (TPSA) is 96.6 Å². The molecule has 2 aromatic heterocycles. The maximum absolute atomic E-state index is 12.3. The minimum Gasteiger partial charge on any atom is -0.468 e. The number of carbonyl (C=O) groups is 2. The molecule has 2 aromatic rings. The van der Waals surface area contributed by atoms with Gasteiger partial charge in [0.1, 0.15) is 12.3 Å². The number of aromatic nitrogens is 1. The van der Waals surface area contributed by atoms with E-state index in [0.29, 0.717) is 19.5 Å². The van der Waals surface area contributed by atoms with Crippen molar-refractivity contribution in [3.05, 3.63) is 58.9 Å². The number of hydrogen-bond acceptors (Lipinski definition) is 5. The van der Waals surface area contributed by atoms with E-state index < -0.39 is 0 Å². The highest BCUT2D eigenvalue weighted by Crippen LogP contribution is 2.21. The molecule has 0 saturated carbocycles. The molecule has 0 radical (unpaired) electrons. The zero-order valence-corrected chi connectivity index (χ0v) is 14.6. The molecule has 3 heterocycles. The normalized spacial score (nSPS) is 20.0. The minimum absolute atomic E-state index is 0.0427. The predicted octanol–water partition coefficient (Wildman–Crippen LogP) is -0.0534. The minimum atomic E-state index is -0.338. The van der Waals surface area contributed by atoms with Crippen LogP contribution in [0, 0.1) is 0 Å². The van der Waals surface area contributed by atoms with Gasteiger partial charge in [0.25, 0.3) is 5.56 Å². The van der Waals surface area contributed by atoms with Gasteiger partial charge in [0.15, 0.2) is 0 Å². The van der Waals surface area contributed by atoms with E-state index in [1.807, 2.05) is 11.0 Å². The smallest absolute Gasteiger partial charge is 0.250 e. The van der Waals surface area contributed by atoms with E-state index in [9.17, 15) is 14.4 Å². The van der Waals surface area contributed by atoms with Gasteiger partial charge in [0, 0.05) is 31.9 Å². The molecule has 1 saturated heterocycles. The number of likely N-dealkylation sites (tertiary alicyclic amines) is 1. The fraction of sp³-hybridized carbons (Fsp3) is 0.389. The van der Waals surface area contributed by atoms with Crippen LogP contribution in [0.25, 0.3) is 0 Å². The zero-order valence-electron chi connectivity index (χ0n) is 14.6. The molecule has 3 rings (SSSR count). The Kier molecular flexibility index (Phi) is 5.52. The summed E-state index contributed by atoms with van der Waals surface area (Å²) < 4.78 is 6.72. The van der Waals surface area contributed by atoms with Gasteiger partial charge in [0.05, 0.1) is 18.8 Å². The Hall–Kier alpha value is -2.87. The summed E-state index contributed by atoms with van der Waals surface area (Å²) in [5.74, 6) is 0.424. The molecular weight excluding hydrogens is 336 g/mol. The van der Waals surface area contributed by atoms with Crippen LogP contribution in [0.15, 0.2) is 52.0 Å². The number of rotatable bonds is 6. The van der Waals surface area contributed by atoms with Gasteiger partial charge < -0.3 is 19.6 Å². The van der Waals surface area contributed by atoms with Gasteiger partial charge in [-0.3, -0.25) is 19.3 Å². The number of carbonyl (C=O) groups excluding carboxylic acids is 2. The van der Waals surface area contributed by atoms with Gasteiger partial charge in [-0.2, -0.15) is 0 Å². The molecule has 2 atom stereocenters. The molecule has 1 aliphatic heterocycles. The van der Waals surface area contributed by atoms with Crippen molar-refractivity contribution in [2.75, 3.05) is 13.6 Å². The summed E-state index contributed by atoms with van der Waals surface area (Å²) >= 11 is 0. The molecule has 138 valence electrons. The SMILES string of the molecule is CNC(=O)[C@@H]1C[C@@H](NC(=O)Cn2ccccc2=O)CN1Cc1ccco1. The lowest BCUT2D eigenvalue weighted by Crippen LogP contribution is -2.41. The van der Waals surface area contributed by atoms with Crippen LogP contribution in [-0.2, 0) is 22.7 Å². The molecule has 0 aliphatic carbocycles. The summed E-state index contributed by atoms with van der Waals surface area (Å²) in [5.41, 5.74) is -0.225. The highest BCUT2D eigenvalue weighted by atomic mass is 16.3. The number of nitrogens with zero attached hydrogens (tertiary/aromatic N) is 2. The standard InChI is InChI=1S/C18H22N4O4/c1-19-18(25)15-9-13(10-22(15)11-14-5-4-8-26-14)20-16(23)12-21-7-3-2-6-17(21)24/h2-8,13,15H,9-12H2,1H3,(H,19,25)(H,20,23)/t13-,15+/m1/s1. The van der Waals surface area contributed by atoms with Gasteiger partial charge in [-0.15, -0.1) is 0 Å². The zero-order chi connectivity index (χ0) is 18.5. The average Bonchev–Trinajstić information content (AvgIpc) is 3.26. The van der Waals surface area contributed by atoms with E-state index in [-0.39, 0.29) is 36.0 Å². The van der Waals surface area contributed by atoms with Crippen molar-refractivity contribution < 1.29 is 14.0 Å². The molecule has 0 spiro atoms. The van der Waals surface area contributed by atoms with Gasteiger partial charge in [0.2, 0.25) is 11.8 Å². The van der Waals surface area contributed by atoms with Crippen LogP contribution in [0.4, 0.5) is 0 Å². The number of likely N-dealkylation sites (N-methyl/N-ethyl adjacent to an activating group) is 1. The van der Waals surface area contributed by atoms with Crippen molar-refractivity contribution in [1.29, 1.82) is 0 Å². The molecule has 0 unspecified atom stereocenters. The fourth-order valence-electron chi connectivity index (χ4n) is 3.24. The molecule has 26 heavy (non-hydrogen) atoms. The summed E-state index contributed by atoms with van der Waals surface area (Å²) in [5, 5.41) is 5.59. The summed E-state index contributed by atoms with van der Waals surface area (Å²) in [7, 11) is 1.60. The maximum atomic E-state index is 12.3. The number of furan rings is 1. The van der Waals surface area contributed by atoms with E-state index >= 15 is 0 Å². The maximum Gasteiger partial charge on any atom is 0.250 e. The van der Waals surface area contributed by atoms with E-state index in [2.05, 4.69) is 10.6 Å². The van der Waals surface area contributed by atoms with Crippen LogP contribution >= 0.6 is 0 Å². The first kappa shape index (κ1) is 17.9. The largest absolute Gasteiger partial charge is 0.468 e. The Bertz CT molecular complexity index is 815. The molecule has 8 heteroatoms. The molecule has 1 aliphatic rings. The third-order valence-corrected chi connectivity index (χ3v) is 4.47. The van der Waals surface area contributed by atoms with Crippen LogP contribution in [0.1, 0.15) is 12.2 Å². The second-order valence-corrected chi connectivity index (χ2v) is 6.31. The van der Waals surface area contributed by atoms with E-state index in [4.69, 9.17) is 4.42 Å². The van der Waals surface area contributed by atoms with Gasteiger partial charge in [-0.05, 0) is 24.6 Å². The van der Waals surface area contributed by atoms with Crippen molar-refractivity contribution >= 4 is 11.8 Å². The van der Waals surface area contributed by atoms with Crippen LogP contribution < -0.4 is 16.2 Å². The van der Waals surface area contributed by atoms with Gasteiger partial charge in [-0.25, -0.2) is 0 Å². The fourth-order valence-corrected chi connectivity index (χ4v) is 3.24. The number of amides is 2. The molecule has 8 nitrogen and oxygen atoms in total. The number of pyridine rings is 1. The van der Waals surface area contributed by atoms with Crippen molar-refractivity contribution in [2.24, 2.45) is 0 Å². The average molecular weight is 358 g/mol.